The summed E-state index contributed by atoms with van der Waals surface area (Å²) in [5, 5.41) is 2.90. The van der Waals surface area contributed by atoms with Crippen molar-refractivity contribution in [2.24, 2.45) is 11.1 Å². The van der Waals surface area contributed by atoms with Gasteiger partial charge in [-0.2, -0.15) is 0 Å². The molecule has 2 aromatic rings. The van der Waals surface area contributed by atoms with E-state index in [-0.39, 0.29) is 34.6 Å². The molecule has 0 saturated heterocycles. The number of halogens is 1. The topological polar surface area (TPSA) is 102 Å². The van der Waals surface area contributed by atoms with Crippen molar-refractivity contribution in [1.82, 2.24) is 0 Å². The van der Waals surface area contributed by atoms with Crippen molar-refractivity contribution in [3.63, 3.8) is 0 Å². The normalized spacial score (nSPS) is 22.6. The predicted octanol–water partition coefficient (Wildman–Crippen LogP) is 4.76. The van der Waals surface area contributed by atoms with E-state index in [0.717, 1.165) is 16.8 Å². The number of benzene rings is 2. The molecule has 186 valence electrons. The Morgan fingerprint density at radius 2 is 1.86 bits per heavy atom. The molecular formula is C28H28BrN3O4. The summed E-state index contributed by atoms with van der Waals surface area (Å²) in [7, 11) is 1.25. The fourth-order valence-electron chi connectivity index (χ4n) is 5.86. The van der Waals surface area contributed by atoms with Crippen molar-refractivity contribution in [3.05, 3.63) is 80.2 Å². The number of carbonyl (C=O) groups excluding carboxylic acids is 3. The summed E-state index contributed by atoms with van der Waals surface area (Å²) < 4.78 is 5.92. The summed E-state index contributed by atoms with van der Waals surface area (Å²) in [5.41, 5.74) is 9.45. The predicted molar refractivity (Wildman–Crippen MR) is 141 cm³/mol. The summed E-state index contributed by atoms with van der Waals surface area (Å²) in [4.78, 5) is 43.3. The maximum absolute atomic E-state index is 14.0. The minimum absolute atomic E-state index is 0.0490. The zero-order chi connectivity index (χ0) is 26.2. The molecular weight excluding hydrogens is 522 g/mol. The number of esters is 1. The maximum atomic E-state index is 14.0. The molecule has 1 amide bonds. The highest BCUT2D eigenvalue weighted by atomic mass is 79.9. The van der Waals surface area contributed by atoms with E-state index >= 15 is 0 Å². The van der Waals surface area contributed by atoms with Gasteiger partial charge in [-0.1, -0.05) is 41.9 Å². The minimum Gasteiger partial charge on any atom is -0.466 e. The molecule has 7 nitrogen and oxygen atoms in total. The van der Waals surface area contributed by atoms with Crippen LogP contribution in [0.3, 0.4) is 0 Å². The van der Waals surface area contributed by atoms with Crippen molar-refractivity contribution in [3.8, 4) is 0 Å². The number of Topliss-reactive ketones (excluding diaryl/α,β-unsaturated/α-hetero) is 1. The lowest BCUT2D eigenvalue weighted by atomic mass is 9.60. The van der Waals surface area contributed by atoms with E-state index in [2.05, 4.69) is 21.2 Å². The van der Waals surface area contributed by atoms with Gasteiger partial charge in [-0.25, -0.2) is 4.79 Å². The third kappa shape index (κ3) is 3.20. The summed E-state index contributed by atoms with van der Waals surface area (Å²) in [5.74, 6) is -1.34. The number of fused-ring (bicyclic) bond motifs is 3. The number of rotatable bonds is 2. The quantitative estimate of drug-likeness (QED) is 0.523. The Bertz CT molecular complexity index is 1440. The van der Waals surface area contributed by atoms with E-state index in [4.69, 9.17) is 10.5 Å². The Kier molecular flexibility index (Phi) is 5.44. The van der Waals surface area contributed by atoms with Crippen molar-refractivity contribution < 1.29 is 19.1 Å². The van der Waals surface area contributed by atoms with Crippen LogP contribution in [0, 0.1) is 19.3 Å². The van der Waals surface area contributed by atoms with Gasteiger partial charge in [-0.05, 0) is 61.1 Å². The van der Waals surface area contributed by atoms with Gasteiger partial charge >= 0.3 is 5.97 Å². The molecule has 36 heavy (non-hydrogen) atoms. The van der Waals surface area contributed by atoms with E-state index in [1.54, 1.807) is 23.1 Å². The molecule has 2 aromatic carbocycles. The zero-order valence-corrected chi connectivity index (χ0v) is 22.5. The standard InChI is InChI=1S/C28H28BrN3O4/c1-14-7-6-8-19(15(14)2)32-20-12-27(3,4)13-21(33)22(20)28(23(24(32)30)25(34)36-5)17-11-16(29)9-10-18(17)31-26(28)35/h6-11H,12-13,30H2,1-5H3,(H,31,35). The van der Waals surface area contributed by atoms with Gasteiger partial charge in [0.15, 0.2) is 5.78 Å². The molecule has 0 saturated carbocycles. The highest BCUT2D eigenvalue weighted by Gasteiger charge is 2.63. The number of anilines is 2. The number of aryl methyl sites for hydroxylation is 1. The molecule has 2 aliphatic heterocycles. The van der Waals surface area contributed by atoms with Crippen molar-refractivity contribution in [2.75, 3.05) is 17.3 Å². The Labute approximate surface area is 218 Å². The molecule has 5 rings (SSSR count). The average Bonchev–Trinajstić information content (AvgIpc) is 3.06. The van der Waals surface area contributed by atoms with E-state index in [1.807, 2.05) is 45.9 Å². The van der Waals surface area contributed by atoms with E-state index < -0.39 is 17.3 Å². The minimum atomic E-state index is -1.71. The second-order valence-electron chi connectivity index (χ2n) is 10.5. The lowest BCUT2D eigenvalue weighted by molar-refractivity contribution is -0.138. The molecule has 0 bridgehead atoms. The van der Waals surface area contributed by atoms with E-state index in [0.29, 0.717) is 27.8 Å². The molecule has 1 spiro atoms. The summed E-state index contributed by atoms with van der Waals surface area (Å²) >= 11 is 3.50. The molecule has 3 N–H and O–H groups in total. The van der Waals surface area contributed by atoms with E-state index in [9.17, 15) is 14.4 Å². The monoisotopic (exact) mass is 549 g/mol. The van der Waals surface area contributed by atoms with Gasteiger partial charge in [-0.15, -0.1) is 0 Å². The van der Waals surface area contributed by atoms with Crippen molar-refractivity contribution in [1.29, 1.82) is 0 Å². The van der Waals surface area contributed by atoms with Gasteiger partial charge < -0.3 is 15.8 Å². The Morgan fingerprint density at radius 3 is 2.56 bits per heavy atom. The molecule has 2 heterocycles. The molecule has 1 unspecified atom stereocenters. The summed E-state index contributed by atoms with van der Waals surface area (Å²) in [6.07, 6.45) is 0.730. The molecule has 1 aliphatic carbocycles. The van der Waals surface area contributed by atoms with Crippen LogP contribution in [0.25, 0.3) is 0 Å². The largest absolute Gasteiger partial charge is 0.466 e. The smallest absolute Gasteiger partial charge is 0.339 e. The average molecular weight is 550 g/mol. The van der Waals surface area contributed by atoms with Crippen LogP contribution in [-0.2, 0) is 24.5 Å². The molecule has 0 aromatic heterocycles. The number of hydrogen-bond donors (Lipinski definition) is 2. The van der Waals surface area contributed by atoms with Crippen LogP contribution in [-0.4, -0.2) is 24.8 Å². The number of amides is 1. The summed E-state index contributed by atoms with van der Waals surface area (Å²) in [6, 6.07) is 11.2. The highest BCUT2D eigenvalue weighted by Crippen LogP contribution is 2.58. The number of nitrogens with one attached hydrogen (secondary N) is 1. The molecule has 8 heteroatoms. The van der Waals surface area contributed by atoms with Crippen LogP contribution in [0.4, 0.5) is 11.4 Å². The SMILES string of the molecule is COC(=O)C1=C(N)N(c2cccc(C)c2C)C2=C(C(=O)CC(C)(C)C2)C12C(=O)Nc1ccc(Br)cc12. The molecule has 0 radical (unpaired) electrons. The van der Waals surface area contributed by atoms with Crippen LogP contribution in [0.1, 0.15) is 43.4 Å². The first-order valence-corrected chi connectivity index (χ1v) is 12.6. The lowest BCUT2D eigenvalue weighted by Gasteiger charge is -2.47. The number of ketones is 1. The fraction of sp³-hybridized carbons (Fsp3) is 0.321. The van der Waals surface area contributed by atoms with Crippen LogP contribution >= 0.6 is 15.9 Å². The van der Waals surface area contributed by atoms with Gasteiger partial charge in [0.2, 0.25) is 5.91 Å². The zero-order valence-electron chi connectivity index (χ0n) is 20.9. The van der Waals surface area contributed by atoms with Gasteiger partial charge in [0.25, 0.3) is 0 Å². The van der Waals surface area contributed by atoms with Gasteiger partial charge in [0.05, 0.1) is 12.8 Å². The third-order valence-corrected chi connectivity index (χ3v) is 8.04. The Morgan fingerprint density at radius 1 is 1.14 bits per heavy atom. The molecule has 0 fully saturated rings. The second-order valence-corrected chi connectivity index (χ2v) is 11.4. The lowest BCUT2D eigenvalue weighted by Crippen LogP contribution is -2.54. The van der Waals surface area contributed by atoms with Crippen LogP contribution in [0.2, 0.25) is 0 Å². The highest BCUT2D eigenvalue weighted by molar-refractivity contribution is 9.10. The molecule has 1 atom stereocenters. The van der Waals surface area contributed by atoms with Gasteiger partial charge in [-0.3, -0.25) is 14.5 Å². The van der Waals surface area contributed by atoms with Gasteiger partial charge in [0.1, 0.15) is 16.8 Å². The number of methoxy groups -OCH3 is 1. The second kappa shape index (κ2) is 8.06. The van der Waals surface area contributed by atoms with Crippen LogP contribution < -0.4 is 16.0 Å². The van der Waals surface area contributed by atoms with E-state index in [1.165, 1.54) is 7.11 Å². The number of ether oxygens (including phenoxy) is 1. The summed E-state index contributed by atoms with van der Waals surface area (Å²) in [6.45, 7) is 8.02. The van der Waals surface area contributed by atoms with Crippen molar-refractivity contribution >= 4 is 45.0 Å². The maximum Gasteiger partial charge on any atom is 0.339 e. The van der Waals surface area contributed by atoms with Crippen LogP contribution in [0.5, 0.6) is 0 Å². The van der Waals surface area contributed by atoms with Crippen molar-refractivity contribution in [2.45, 2.75) is 46.0 Å². The van der Waals surface area contributed by atoms with Gasteiger partial charge in [0, 0.05) is 33.4 Å². The number of nitrogens with two attached hydrogens (primary N) is 1. The third-order valence-electron chi connectivity index (χ3n) is 7.55. The fourth-order valence-corrected chi connectivity index (χ4v) is 6.22. The first-order valence-electron chi connectivity index (χ1n) is 11.8. The van der Waals surface area contributed by atoms with Crippen LogP contribution in [0.15, 0.2) is 63.5 Å². The number of nitrogens with zero attached hydrogens (tertiary/aromatic N) is 1. The first kappa shape index (κ1) is 24.3. The number of carbonyl (C=O) groups is 3. The Balaban J connectivity index is 1.96. The Hall–Kier alpha value is -3.39. The molecule has 3 aliphatic rings. The number of hydrogen-bond acceptors (Lipinski definition) is 6. The first-order chi connectivity index (χ1) is 16.9. The number of allylic oxidation sites excluding steroid dienone is 1.